The van der Waals surface area contributed by atoms with Crippen LogP contribution in [-0.2, 0) is 4.74 Å². The first-order valence-corrected chi connectivity index (χ1v) is 7.26. The van der Waals surface area contributed by atoms with Crippen LogP contribution in [0, 0.1) is 0 Å². The van der Waals surface area contributed by atoms with Gasteiger partial charge in [-0.15, -0.1) is 0 Å². The number of nitrogens with two attached hydrogens (primary N) is 1. The molecule has 0 aromatic carbocycles. The predicted molar refractivity (Wildman–Crippen MR) is 77.1 cm³/mol. The zero-order valence-electron chi connectivity index (χ0n) is 12.7. The molecule has 2 unspecified atom stereocenters. The molecule has 0 aromatic heterocycles. The van der Waals surface area contributed by atoms with Gasteiger partial charge in [-0.25, -0.2) is 4.79 Å². The van der Waals surface area contributed by atoms with Gasteiger partial charge in [0.15, 0.2) is 0 Å². The number of hydrogen-bond donors (Lipinski definition) is 2. The van der Waals surface area contributed by atoms with Crippen molar-refractivity contribution in [1.29, 1.82) is 0 Å². The maximum absolute atomic E-state index is 12.0. The average molecular weight is 271 g/mol. The van der Waals surface area contributed by atoms with Gasteiger partial charge in [0.05, 0.1) is 0 Å². The fourth-order valence-electron chi connectivity index (χ4n) is 2.24. The minimum absolute atomic E-state index is 0.194. The lowest BCUT2D eigenvalue weighted by Gasteiger charge is -2.26. The molecule has 5 nitrogen and oxygen atoms in total. The molecule has 3 N–H and O–H groups in total. The van der Waals surface area contributed by atoms with Gasteiger partial charge < -0.3 is 20.7 Å². The number of carbonyl (C=O) groups excluding carboxylic acids is 1. The fourth-order valence-corrected chi connectivity index (χ4v) is 2.24. The molecule has 1 aliphatic rings. The van der Waals surface area contributed by atoms with E-state index in [9.17, 15) is 4.79 Å². The first-order valence-electron chi connectivity index (χ1n) is 7.26. The second kappa shape index (κ2) is 7.10. The topological polar surface area (TPSA) is 67.6 Å². The van der Waals surface area contributed by atoms with Gasteiger partial charge >= 0.3 is 6.09 Å². The minimum atomic E-state index is -0.422. The number of hydrogen-bond acceptors (Lipinski definition) is 4. The lowest BCUT2D eigenvalue weighted by molar-refractivity contribution is 0.0256. The molecule has 2 atom stereocenters. The van der Waals surface area contributed by atoms with Crippen LogP contribution >= 0.6 is 0 Å². The van der Waals surface area contributed by atoms with E-state index in [-0.39, 0.29) is 6.09 Å². The van der Waals surface area contributed by atoms with Crippen molar-refractivity contribution in [2.45, 2.75) is 64.6 Å². The maximum atomic E-state index is 12.0. The highest BCUT2D eigenvalue weighted by atomic mass is 16.6. The van der Waals surface area contributed by atoms with E-state index in [2.05, 4.69) is 12.2 Å². The van der Waals surface area contributed by atoms with Gasteiger partial charge in [0.1, 0.15) is 5.60 Å². The van der Waals surface area contributed by atoms with E-state index in [0.29, 0.717) is 18.6 Å². The van der Waals surface area contributed by atoms with E-state index in [1.54, 1.807) is 0 Å². The third-order valence-corrected chi connectivity index (χ3v) is 3.25. The Morgan fingerprint density at radius 2 is 2.11 bits per heavy atom. The van der Waals surface area contributed by atoms with Crippen LogP contribution in [0.25, 0.3) is 0 Å². The second-order valence-corrected chi connectivity index (χ2v) is 6.40. The summed E-state index contributed by atoms with van der Waals surface area (Å²) in [6.07, 6.45) is 2.86. The molecular formula is C14H29N3O2. The van der Waals surface area contributed by atoms with Gasteiger partial charge in [-0.1, -0.05) is 0 Å². The third kappa shape index (κ3) is 6.25. The first-order chi connectivity index (χ1) is 8.81. The third-order valence-electron chi connectivity index (χ3n) is 3.25. The zero-order chi connectivity index (χ0) is 14.5. The highest BCUT2D eigenvalue weighted by molar-refractivity contribution is 5.68. The number of carbonyl (C=O) groups is 1. The lowest BCUT2D eigenvalue weighted by atomic mass is 10.1. The Morgan fingerprint density at radius 3 is 2.68 bits per heavy atom. The van der Waals surface area contributed by atoms with E-state index in [0.717, 1.165) is 32.4 Å². The number of ether oxygens (including phenoxy) is 1. The Balaban J connectivity index is 2.43. The van der Waals surface area contributed by atoms with Gasteiger partial charge in [-0.3, -0.25) is 0 Å². The Bertz CT molecular complexity index is 289. The summed E-state index contributed by atoms with van der Waals surface area (Å²) in [6.45, 7) is 9.97. The largest absolute Gasteiger partial charge is 0.444 e. The van der Waals surface area contributed by atoms with Crippen molar-refractivity contribution >= 4 is 6.09 Å². The summed E-state index contributed by atoms with van der Waals surface area (Å²) in [4.78, 5) is 13.8. The van der Waals surface area contributed by atoms with E-state index in [4.69, 9.17) is 10.5 Å². The molecular weight excluding hydrogens is 242 g/mol. The summed E-state index contributed by atoms with van der Waals surface area (Å²) in [6, 6.07) is 0.782. The molecule has 1 fully saturated rings. The first kappa shape index (κ1) is 16.2. The normalized spacial score (nSPS) is 22.8. The monoisotopic (exact) mass is 271 g/mol. The van der Waals surface area contributed by atoms with Crippen molar-refractivity contribution in [2.75, 3.05) is 19.6 Å². The van der Waals surface area contributed by atoms with Crippen LogP contribution in [0.1, 0.15) is 47.0 Å². The van der Waals surface area contributed by atoms with Crippen LogP contribution in [0.5, 0.6) is 0 Å². The number of nitrogens with zero attached hydrogens (tertiary/aromatic N) is 1. The van der Waals surface area contributed by atoms with Crippen molar-refractivity contribution in [1.82, 2.24) is 10.2 Å². The quantitative estimate of drug-likeness (QED) is 0.820. The Labute approximate surface area is 116 Å². The smallest absolute Gasteiger partial charge is 0.410 e. The highest BCUT2D eigenvalue weighted by Crippen LogP contribution is 2.15. The van der Waals surface area contributed by atoms with Gasteiger partial charge in [-0.05, 0) is 47.0 Å². The van der Waals surface area contributed by atoms with Crippen LogP contribution in [0.2, 0.25) is 0 Å². The van der Waals surface area contributed by atoms with Crippen molar-refractivity contribution in [3.05, 3.63) is 0 Å². The molecule has 1 heterocycles. The second-order valence-electron chi connectivity index (χ2n) is 6.40. The van der Waals surface area contributed by atoms with Crippen LogP contribution in [0.3, 0.4) is 0 Å². The maximum Gasteiger partial charge on any atom is 0.410 e. The van der Waals surface area contributed by atoms with Crippen LogP contribution in [0.4, 0.5) is 4.79 Å². The standard InChI is InChI=1S/C14H29N3O2/c1-11(10-15)16-12-6-5-8-17(9-7-12)13(18)19-14(2,3)4/h11-12,16H,5-10,15H2,1-4H3. The van der Waals surface area contributed by atoms with E-state index < -0.39 is 5.60 Å². The van der Waals surface area contributed by atoms with E-state index in [1.807, 2.05) is 25.7 Å². The highest BCUT2D eigenvalue weighted by Gasteiger charge is 2.25. The average Bonchev–Trinajstić information content (AvgIpc) is 2.52. The molecule has 0 aliphatic carbocycles. The Morgan fingerprint density at radius 1 is 1.42 bits per heavy atom. The molecule has 0 bridgehead atoms. The summed E-state index contributed by atoms with van der Waals surface area (Å²) >= 11 is 0. The summed E-state index contributed by atoms with van der Waals surface area (Å²) in [5, 5.41) is 3.51. The molecule has 1 amide bonds. The fraction of sp³-hybridized carbons (Fsp3) is 0.929. The summed E-state index contributed by atoms with van der Waals surface area (Å²) in [7, 11) is 0. The van der Waals surface area contributed by atoms with Crippen LogP contribution < -0.4 is 11.1 Å². The number of amides is 1. The zero-order valence-corrected chi connectivity index (χ0v) is 12.7. The molecule has 1 aliphatic heterocycles. The van der Waals surface area contributed by atoms with Crippen molar-refractivity contribution < 1.29 is 9.53 Å². The van der Waals surface area contributed by atoms with Crippen LogP contribution in [0.15, 0.2) is 0 Å². The van der Waals surface area contributed by atoms with Crippen molar-refractivity contribution in [3.63, 3.8) is 0 Å². The molecule has 0 spiro atoms. The minimum Gasteiger partial charge on any atom is -0.444 e. The summed E-state index contributed by atoms with van der Waals surface area (Å²) in [5.41, 5.74) is 5.20. The summed E-state index contributed by atoms with van der Waals surface area (Å²) in [5.74, 6) is 0. The number of likely N-dealkylation sites (tertiary alicyclic amines) is 1. The number of nitrogens with one attached hydrogen (secondary N) is 1. The van der Waals surface area contributed by atoms with Gasteiger partial charge in [-0.2, -0.15) is 0 Å². The Kier molecular flexibility index (Phi) is 6.07. The Hall–Kier alpha value is -0.810. The molecule has 112 valence electrons. The van der Waals surface area contributed by atoms with E-state index >= 15 is 0 Å². The molecule has 19 heavy (non-hydrogen) atoms. The van der Waals surface area contributed by atoms with Gasteiger partial charge in [0.2, 0.25) is 0 Å². The molecule has 0 saturated carbocycles. The summed E-state index contributed by atoms with van der Waals surface area (Å²) < 4.78 is 5.42. The van der Waals surface area contributed by atoms with Crippen LogP contribution in [-0.4, -0.2) is 48.3 Å². The lowest BCUT2D eigenvalue weighted by Crippen LogP contribution is -2.42. The molecule has 0 aromatic rings. The predicted octanol–water partition coefficient (Wildman–Crippen LogP) is 1.71. The molecule has 0 radical (unpaired) electrons. The number of rotatable bonds is 3. The molecule has 1 rings (SSSR count). The molecule has 1 saturated heterocycles. The van der Waals surface area contributed by atoms with E-state index in [1.165, 1.54) is 0 Å². The van der Waals surface area contributed by atoms with Crippen molar-refractivity contribution in [2.24, 2.45) is 5.73 Å². The molecule has 5 heteroatoms. The van der Waals surface area contributed by atoms with Crippen molar-refractivity contribution in [3.8, 4) is 0 Å². The van der Waals surface area contributed by atoms with Gasteiger partial charge in [0, 0.05) is 31.7 Å². The SMILES string of the molecule is CC(CN)NC1CCCN(C(=O)OC(C)(C)C)CC1. The van der Waals surface area contributed by atoms with Gasteiger partial charge in [0.25, 0.3) is 0 Å².